The highest BCUT2D eigenvalue weighted by Gasteiger charge is 2.21. The molecule has 8 heteroatoms. The number of nitro groups is 1. The lowest BCUT2D eigenvalue weighted by Crippen LogP contribution is -2.23. The van der Waals surface area contributed by atoms with Crippen molar-refractivity contribution in [3.63, 3.8) is 0 Å². The van der Waals surface area contributed by atoms with E-state index in [1.165, 1.54) is 23.0 Å². The lowest BCUT2D eigenvalue weighted by Gasteiger charge is -2.21. The standard InChI is InChI=1S/C25H22N4O4/c1-25(2,3)33-22-14-13-17(15-21(22)29(31)32)16-26-28-23(18-9-5-4-6-10-18)27-20-12-8-7-11-19(20)24(28)30/h4-16H,1-3H3. The van der Waals surface area contributed by atoms with Gasteiger partial charge in [0, 0.05) is 17.2 Å². The average molecular weight is 442 g/mol. The summed E-state index contributed by atoms with van der Waals surface area (Å²) in [5.74, 6) is 0.539. The maximum atomic E-state index is 13.2. The second-order valence-corrected chi connectivity index (χ2v) is 8.38. The molecular formula is C25H22N4O4. The molecule has 0 spiro atoms. The molecule has 8 nitrogen and oxygen atoms in total. The van der Waals surface area contributed by atoms with Gasteiger partial charge in [-0.3, -0.25) is 14.9 Å². The van der Waals surface area contributed by atoms with Gasteiger partial charge >= 0.3 is 5.69 Å². The Morgan fingerprint density at radius 2 is 1.73 bits per heavy atom. The molecule has 0 aliphatic carbocycles. The number of nitro benzene ring substituents is 1. The lowest BCUT2D eigenvalue weighted by molar-refractivity contribution is -0.386. The third-order valence-electron chi connectivity index (χ3n) is 4.70. The zero-order chi connectivity index (χ0) is 23.6. The molecular weight excluding hydrogens is 420 g/mol. The predicted molar refractivity (Wildman–Crippen MR) is 128 cm³/mol. The monoisotopic (exact) mass is 442 g/mol. The summed E-state index contributed by atoms with van der Waals surface area (Å²) in [6.07, 6.45) is 1.40. The van der Waals surface area contributed by atoms with Crippen LogP contribution in [-0.2, 0) is 0 Å². The highest BCUT2D eigenvalue weighted by atomic mass is 16.6. The number of aromatic nitrogens is 2. The van der Waals surface area contributed by atoms with Crippen molar-refractivity contribution in [3.05, 3.63) is 98.8 Å². The molecule has 4 rings (SSSR count). The fraction of sp³-hybridized carbons (Fsp3) is 0.160. The molecule has 0 bridgehead atoms. The van der Waals surface area contributed by atoms with Crippen LogP contribution in [0.1, 0.15) is 26.3 Å². The van der Waals surface area contributed by atoms with Crippen LogP contribution in [0.4, 0.5) is 5.69 Å². The Morgan fingerprint density at radius 1 is 1.03 bits per heavy atom. The quantitative estimate of drug-likeness (QED) is 0.245. The smallest absolute Gasteiger partial charge is 0.311 e. The van der Waals surface area contributed by atoms with Gasteiger partial charge < -0.3 is 4.74 Å². The fourth-order valence-corrected chi connectivity index (χ4v) is 3.30. The van der Waals surface area contributed by atoms with Crippen LogP contribution in [0.2, 0.25) is 0 Å². The van der Waals surface area contributed by atoms with Crippen molar-refractivity contribution in [3.8, 4) is 17.1 Å². The summed E-state index contributed by atoms with van der Waals surface area (Å²) in [5, 5.41) is 16.4. The predicted octanol–water partition coefficient (Wildman–Crippen LogP) is 5.03. The molecule has 0 N–H and O–H groups in total. The van der Waals surface area contributed by atoms with Gasteiger partial charge in [-0.1, -0.05) is 42.5 Å². The third-order valence-corrected chi connectivity index (χ3v) is 4.70. The summed E-state index contributed by atoms with van der Waals surface area (Å²) in [4.78, 5) is 28.9. The largest absolute Gasteiger partial charge is 0.481 e. The van der Waals surface area contributed by atoms with Crippen molar-refractivity contribution in [2.24, 2.45) is 5.10 Å². The minimum Gasteiger partial charge on any atom is -0.481 e. The Bertz CT molecular complexity index is 1420. The van der Waals surface area contributed by atoms with Gasteiger partial charge in [-0.15, -0.1) is 0 Å². The van der Waals surface area contributed by atoms with Crippen molar-refractivity contribution in [1.29, 1.82) is 0 Å². The van der Waals surface area contributed by atoms with Gasteiger partial charge in [0.2, 0.25) is 0 Å². The molecule has 0 radical (unpaired) electrons. The Balaban J connectivity index is 1.83. The zero-order valence-electron chi connectivity index (χ0n) is 18.4. The van der Waals surface area contributed by atoms with E-state index in [1.54, 1.807) is 24.3 Å². The van der Waals surface area contributed by atoms with Gasteiger partial charge in [0.15, 0.2) is 11.6 Å². The number of fused-ring (bicyclic) bond motifs is 1. The second kappa shape index (κ2) is 8.66. The molecule has 0 saturated heterocycles. The molecule has 0 amide bonds. The van der Waals surface area contributed by atoms with Crippen molar-refractivity contribution in [2.45, 2.75) is 26.4 Å². The lowest BCUT2D eigenvalue weighted by atomic mass is 10.1. The highest BCUT2D eigenvalue weighted by molar-refractivity contribution is 5.83. The SMILES string of the molecule is CC(C)(C)Oc1ccc(C=Nn2c(-c3ccccc3)nc3ccccc3c2=O)cc1[N+](=O)[O-]. The van der Waals surface area contributed by atoms with Gasteiger partial charge in [-0.05, 0) is 45.0 Å². The first-order valence-corrected chi connectivity index (χ1v) is 10.3. The summed E-state index contributed by atoms with van der Waals surface area (Å²) in [6.45, 7) is 5.45. The number of hydrogen-bond donors (Lipinski definition) is 0. The summed E-state index contributed by atoms with van der Waals surface area (Å²) < 4.78 is 6.92. The fourth-order valence-electron chi connectivity index (χ4n) is 3.30. The Kier molecular flexibility index (Phi) is 5.74. The van der Waals surface area contributed by atoms with Crippen LogP contribution in [0.25, 0.3) is 22.3 Å². The van der Waals surface area contributed by atoms with Crippen LogP contribution in [0.5, 0.6) is 5.75 Å². The van der Waals surface area contributed by atoms with Gasteiger partial charge in [0.25, 0.3) is 5.56 Å². The second-order valence-electron chi connectivity index (χ2n) is 8.38. The summed E-state index contributed by atoms with van der Waals surface area (Å²) in [5.41, 5.74) is 0.625. The van der Waals surface area contributed by atoms with Crippen LogP contribution in [0.3, 0.4) is 0 Å². The van der Waals surface area contributed by atoms with Gasteiger partial charge in [-0.25, -0.2) is 4.98 Å². The molecule has 166 valence electrons. The zero-order valence-corrected chi connectivity index (χ0v) is 18.4. The number of hydrogen-bond acceptors (Lipinski definition) is 6. The molecule has 0 aliphatic rings. The maximum Gasteiger partial charge on any atom is 0.311 e. The number of para-hydroxylation sites is 1. The van der Waals surface area contributed by atoms with Gasteiger partial charge in [0.1, 0.15) is 5.60 Å². The number of nitrogens with zero attached hydrogens (tertiary/aromatic N) is 4. The van der Waals surface area contributed by atoms with E-state index in [2.05, 4.69) is 10.1 Å². The molecule has 0 saturated carbocycles. The van der Waals surface area contributed by atoms with Crippen LogP contribution in [0.15, 0.2) is 82.7 Å². The Morgan fingerprint density at radius 3 is 2.42 bits per heavy atom. The van der Waals surface area contributed by atoms with Crippen molar-refractivity contribution in [1.82, 2.24) is 9.66 Å². The molecule has 4 aromatic rings. The summed E-state index contributed by atoms with van der Waals surface area (Å²) >= 11 is 0. The first-order chi connectivity index (χ1) is 15.7. The number of rotatable bonds is 5. The summed E-state index contributed by atoms with van der Waals surface area (Å²) in [6, 6.07) is 20.8. The first-order valence-electron chi connectivity index (χ1n) is 10.3. The van der Waals surface area contributed by atoms with Crippen LogP contribution < -0.4 is 10.3 Å². The Hall–Kier alpha value is -4.33. The molecule has 0 fully saturated rings. The van der Waals surface area contributed by atoms with Gasteiger partial charge in [0.05, 0.1) is 22.0 Å². The van der Waals surface area contributed by atoms with E-state index in [1.807, 2.05) is 57.2 Å². The molecule has 0 aliphatic heterocycles. The first kappa shape index (κ1) is 21.9. The van der Waals surface area contributed by atoms with E-state index >= 15 is 0 Å². The van der Waals surface area contributed by atoms with E-state index in [0.29, 0.717) is 22.3 Å². The van der Waals surface area contributed by atoms with Crippen LogP contribution >= 0.6 is 0 Å². The highest BCUT2D eigenvalue weighted by Crippen LogP contribution is 2.30. The molecule has 1 aromatic heterocycles. The van der Waals surface area contributed by atoms with Gasteiger partial charge in [-0.2, -0.15) is 9.78 Å². The van der Waals surface area contributed by atoms with Crippen molar-refractivity contribution >= 4 is 22.8 Å². The average Bonchev–Trinajstić information content (AvgIpc) is 2.78. The van der Waals surface area contributed by atoms with E-state index in [9.17, 15) is 14.9 Å². The van der Waals surface area contributed by atoms with E-state index < -0.39 is 10.5 Å². The van der Waals surface area contributed by atoms with E-state index in [0.717, 1.165) is 5.56 Å². The molecule has 1 heterocycles. The minimum atomic E-state index is -0.588. The normalized spacial score (nSPS) is 11.7. The van der Waals surface area contributed by atoms with Crippen LogP contribution in [-0.4, -0.2) is 26.4 Å². The van der Waals surface area contributed by atoms with Crippen molar-refractivity contribution in [2.75, 3.05) is 0 Å². The minimum absolute atomic E-state index is 0.166. The molecule has 0 atom stereocenters. The topological polar surface area (TPSA) is 99.6 Å². The maximum absolute atomic E-state index is 13.2. The van der Waals surface area contributed by atoms with Crippen LogP contribution in [0, 0.1) is 10.1 Å². The Labute approximate surface area is 189 Å². The van der Waals surface area contributed by atoms with Crippen molar-refractivity contribution < 1.29 is 9.66 Å². The molecule has 0 unspecified atom stereocenters. The number of ether oxygens (including phenoxy) is 1. The van der Waals surface area contributed by atoms with E-state index in [-0.39, 0.29) is 17.0 Å². The summed E-state index contributed by atoms with van der Waals surface area (Å²) in [7, 11) is 0. The number of benzene rings is 3. The molecule has 3 aromatic carbocycles. The van der Waals surface area contributed by atoms with E-state index in [4.69, 9.17) is 4.74 Å². The third kappa shape index (κ3) is 4.79. The molecule has 33 heavy (non-hydrogen) atoms.